The molecule has 1 atom stereocenters. The van der Waals surface area contributed by atoms with Gasteiger partial charge in [0.05, 0.1) is 6.10 Å². The SMILES string of the molecule is CCc1cc(OCC2CCCCO2)c(C(=O)O)s1. The van der Waals surface area contributed by atoms with Gasteiger partial charge in [-0.25, -0.2) is 4.79 Å². The molecule has 18 heavy (non-hydrogen) atoms. The maximum atomic E-state index is 11.1. The maximum absolute atomic E-state index is 11.1. The predicted molar refractivity (Wildman–Crippen MR) is 69.7 cm³/mol. The van der Waals surface area contributed by atoms with Gasteiger partial charge in [0.1, 0.15) is 12.4 Å². The Kier molecular flexibility index (Phi) is 4.60. The monoisotopic (exact) mass is 270 g/mol. The Morgan fingerprint density at radius 2 is 2.44 bits per heavy atom. The molecule has 1 unspecified atom stereocenters. The minimum Gasteiger partial charge on any atom is -0.489 e. The van der Waals surface area contributed by atoms with Crippen molar-refractivity contribution in [1.29, 1.82) is 0 Å². The van der Waals surface area contributed by atoms with Crippen LogP contribution >= 0.6 is 11.3 Å². The summed E-state index contributed by atoms with van der Waals surface area (Å²) in [5.41, 5.74) is 0. The molecule has 1 saturated heterocycles. The molecule has 1 aliphatic rings. The second kappa shape index (κ2) is 6.20. The number of aryl methyl sites for hydroxylation is 1. The van der Waals surface area contributed by atoms with Crippen LogP contribution in [0.3, 0.4) is 0 Å². The zero-order chi connectivity index (χ0) is 13.0. The summed E-state index contributed by atoms with van der Waals surface area (Å²) in [6.07, 6.45) is 4.19. The molecular weight excluding hydrogens is 252 g/mol. The average molecular weight is 270 g/mol. The lowest BCUT2D eigenvalue weighted by atomic mass is 10.1. The molecule has 0 amide bonds. The van der Waals surface area contributed by atoms with Gasteiger partial charge in [-0.2, -0.15) is 0 Å². The van der Waals surface area contributed by atoms with Gasteiger partial charge in [0, 0.05) is 11.5 Å². The van der Waals surface area contributed by atoms with E-state index in [1.807, 2.05) is 13.0 Å². The number of rotatable bonds is 5. The molecular formula is C13H18O4S. The van der Waals surface area contributed by atoms with Crippen LogP contribution in [0.5, 0.6) is 5.75 Å². The summed E-state index contributed by atoms with van der Waals surface area (Å²) in [6.45, 7) is 3.23. The third-order valence-electron chi connectivity index (χ3n) is 2.99. The molecule has 1 fully saturated rings. The topological polar surface area (TPSA) is 55.8 Å². The summed E-state index contributed by atoms with van der Waals surface area (Å²) in [6, 6.07) is 1.83. The Morgan fingerprint density at radius 3 is 3.06 bits per heavy atom. The summed E-state index contributed by atoms with van der Waals surface area (Å²) in [4.78, 5) is 12.4. The maximum Gasteiger partial charge on any atom is 0.349 e. The largest absolute Gasteiger partial charge is 0.489 e. The van der Waals surface area contributed by atoms with E-state index in [1.54, 1.807) is 0 Å². The Morgan fingerprint density at radius 1 is 1.61 bits per heavy atom. The Balaban J connectivity index is 1.98. The van der Waals surface area contributed by atoms with Crippen LogP contribution in [-0.4, -0.2) is 30.4 Å². The molecule has 0 radical (unpaired) electrons. The van der Waals surface area contributed by atoms with Gasteiger partial charge in [-0.1, -0.05) is 6.92 Å². The van der Waals surface area contributed by atoms with Gasteiger partial charge < -0.3 is 14.6 Å². The third kappa shape index (κ3) is 3.23. The number of hydrogen-bond donors (Lipinski definition) is 1. The van der Waals surface area contributed by atoms with Crippen molar-refractivity contribution in [3.63, 3.8) is 0 Å². The highest BCUT2D eigenvalue weighted by molar-refractivity contribution is 7.14. The molecule has 2 heterocycles. The van der Waals surface area contributed by atoms with Crippen LogP contribution < -0.4 is 4.74 Å². The number of carbonyl (C=O) groups is 1. The van der Waals surface area contributed by atoms with Crippen LogP contribution in [0.2, 0.25) is 0 Å². The summed E-state index contributed by atoms with van der Waals surface area (Å²) in [5, 5.41) is 9.11. The van der Waals surface area contributed by atoms with E-state index >= 15 is 0 Å². The molecule has 0 bridgehead atoms. The minimum atomic E-state index is -0.917. The van der Waals surface area contributed by atoms with E-state index in [0.717, 1.165) is 37.2 Å². The van der Waals surface area contributed by atoms with E-state index < -0.39 is 5.97 Å². The van der Waals surface area contributed by atoms with Crippen molar-refractivity contribution in [1.82, 2.24) is 0 Å². The highest BCUT2D eigenvalue weighted by Gasteiger charge is 2.19. The third-order valence-corrected chi connectivity index (χ3v) is 4.24. The van der Waals surface area contributed by atoms with Crippen LogP contribution in [0, 0.1) is 0 Å². The first-order valence-corrected chi connectivity index (χ1v) is 7.12. The van der Waals surface area contributed by atoms with E-state index in [4.69, 9.17) is 14.6 Å². The number of hydrogen-bond acceptors (Lipinski definition) is 4. The van der Waals surface area contributed by atoms with Crippen molar-refractivity contribution >= 4 is 17.3 Å². The van der Waals surface area contributed by atoms with E-state index in [0.29, 0.717) is 17.2 Å². The second-order valence-electron chi connectivity index (χ2n) is 4.36. The molecule has 1 aromatic heterocycles. The zero-order valence-corrected chi connectivity index (χ0v) is 11.3. The average Bonchev–Trinajstić information content (AvgIpc) is 2.81. The molecule has 1 aromatic rings. The van der Waals surface area contributed by atoms with Gasteiger partial charge in [0.2, 0.25) is 0 Å². The smallest absolute Gasteiger partial charge is 0.349 e. The normalized spacial score (nSPS) is 19.7. The van der Waals surface area contributed by atoms with Crippen molar-refractivity contribution in [3.8, 4) is 5.75 Å². The molecule has 100 valence electrons. The fourth-order valence-corrected chi connectivity index (χ4v) is 2.85. The minimum absolute atomic E-state index is 0.102. The van der Waals surface area contributed by atoms with Gasteiger partial charge in [0.15, 0.2) is 4.88 Å². The quantitative estimate of drug-likeness (QED) is 0.893. The standard InChI is InChI=1S/C13H18O4S/c1-2-10-7-11(12(18-10)13(14)15)17-8-9-5-3-4-6-16-9/h7,9H,2-6,8H2,1H3,(H,14,15). The molecule has 0 saturated carbocycles. The molecule has 4 nitrogen and oxygen atoms in total. The van der Waals surface area contributed by atoms with Crippen LogP contribution in [0.15, 0.2) is 6.07 Å². The highest BCUT2D eigenvalue weighted by Crippen LogP contribution is 2.30. The number of aromatic carboxylic acids is 1. The van der Waals surface area contributed by atoms with Gasteiger partial charge in [-0.15, -0.1) is 11.3 Å². The molecule has 0 aromatic carbocycles. The second-order valence-corrected chi connectivity index (χ2v) is 5.50. The number of carboxylic acid groups (broad SMARTS) is 1. The predicted octanol–water partition coefficient (Wildman–Crippen LogP) is 2.96. The first kappa shape index (κ1) is 13.4. The Bertz CT molecular complexity index is 407. The fourth-order valence-electron chi connectivity index (χ4n) is 1.97. The number of ether oxygens (including phenoxy) is 2. The molecule has 1 aliphatic heterocycles. The Hall–Kier alpha value is -1.07. The molecule has 1 N–H and O–H groups in total. The first-order valence-electron chi connectivity index (χ1n) is 6.31. The van der Waals surface area contributed by atoms with Crippen molar-refractivity contribution in [3.05, 3.63) is 15.8 Å². The Labute approximate surface area is 111 Å². The van der Waals surface area contributed by atoms with E-state index in [-0.39, 0.29) is 6.10 Å². The van der Waals surface area contributed by atoms with E-state index in [1.165, 1.54) is 11.3 Å². The van der Waals surface area contributed by atoms with Crippen molar-refractivity contribution in [2.45, 2.75) is 38.7 Å². The fraction of sp³-hybridized carbons (Fsp3) is 0.615. The van der Waals surface area contributed by atoms with Crippen LogP contribution in [0.4, 0.5) is 0 Å². The van der Waals surface area contributed by atoms with Crippen LogP contribution in [-0.2, 0) is 11.2 Å². The zero-order valence-electron chi connectivity index (χ0n) is 10.5. The molecule has 5 heteroatoms. The highest BCUT2D eigenvalue weighted by atomic mass is 32.1. The van der Waals surface area contributed by atoms with Gasteiger partial charge in [0.25, 0.3) is 0 Å². The first-order chi connectivity index (χ1) is 8.70. The lowest BCUT2D eigenvalue weighted by Gasteiger charge is -2.22. The van der Waals surface area contributed by atoms with Crippen molar-refractivity contribution < 1.29 is 19.4 Å². The van der Waals surface area contributed by atoms with Gasteiger partial charge in [-0.05, 0) is 31.7 Å². The molecule has 2 rings (SSSR count). The van der Waals surface area contributed by atoms with E-state index in [9.17, 15) is 4.79 Å². The van der Waals surface area contributed by atoms with Crippen molar-refractivity contribution in [2.24, 2.45) is 0 Å². The summed E-state index contributed by atoms with van der Waals surface area (Å²) in [7, 11) is 0. The van der Waals surface area contributed by atoms with E-state index in [2.05, 4.69) is 0 Å². The molecule has 0 spiro atoms. The van der Waals surface area contributed by atoms with Crippen LogP contribution in [0.25, 0.3) is 0 Å². The summed E-state index contributed by atoms with van der Waals surface area (Å²) >= 11 is 1.29. The molecule has 0 aliphatic carbocycles. The van der Waals surface area contributed by atoms with Gasteiger partial charge >= 0.3 is 5.97 Å². The summed E-state index contributed by atoms with van der Waals surface area (Å²) in [5.74, 6) is -0.433. The number of carboxylic acids is 1. The van der Waals surface area contributed by atoms with Crippen molar-refractivity contribution in [2.75, 3.05) is 13.2 Å². The van der Waals surface area contributed by atoms with Crippen LogP contribution in [0.1, 0.15) is 40.7 Å². The summed E-state index contributed by atoms with van der Waals surface area (Å²) < 4.78 is 11.2. The van der Waals surface area contributed by atoms with Gasteiger partial charge in [-0.3, -0.25) is 0 Å². The lowest BCUT2D eigenvalue weighted by Crippen LogP contribution is -2.26. The number of thiophene rings is 1. The lowest BCUT2D eigenvalue weighted by molar-refractivity contribution is -0.0112.